The number of nitrogens with one attached hydrogen (secondary N) is 2. The molecule has 1 saturated heterocycles. The molecule has 0 radical (unpaired) electrons. The van der Waals surface area contributed by atoms with Crippen LogP contribution in [0.4, 0.5) is 0 Å². The van der Waals surface area contributed by atoms with Gasteiger partial charge in [0.05, 0.1) is 16.8 Å². The minimum atomic E-state index is -3.43. The van der Waals surface area contributed by atoms with E-state index < -0.39 is 31.2 Å². The molecule has 2 N–H and O–H groups in total. The summed E-state index contributed by atoms with van der Waals surface area (Å²) in [5.41, 5.74) is 0. The van der Waals surface area contributed by atoms with Crippen LogP contribution in [0.15, 0.2) is 0 Å². The molecule has 0 aliphatic carbocycles. The van der Waals surface area contributed by atoms with Gasteiger partial charge >= 0.3 is 0 Å². The van der Waals surface area contributed by atoms with Crippen molar-refractivity contribution >= 4 is 19.9 Å². The molecule has 0 aromatic carbocycles. The minimum Gasteiger partial charge on any atom is -0.318 e. The third-order valence-electron chi connectivity index (χ3n) is 2.58. The normalized spacial score (nSPS) is 26.8. The number of rotatable bonds is 5. The largest absolute Gasteiger partial charge is 0.318 e. The van der Waals surface area contributed by atoms with Crippen molar-refractivity contribution in [1.82, 2.24) is 10.0 Å². The SMILES string of the molecule is CNCC(C)S(=O)(=O)NC1CCS(=O)(=O)C1. The molecule has 0 aromatic heterocycles. The van der Waals surface area contributed by atoms with Crippen LogP contribution in [0.25, 0.3) is 0 Å². The van der Waals surface area contributed by atoms with Gasteiger partial charge < -0.3 is 5.32 Å². The molecule has 2 atom stereocenters. The van der Waals surface area contributed by atoms with Crippen LogP contribution >= 0.6 is 0 Å². The Balaban J connectivity index is 2.61. The van der Waals surface area contributed by atoms with Gasteiger partial charge in [0.15, 0.2) is 9.84 Å². The van der Waals surface area contributed by atoms with Gasteiger partial charge in [-0.25, -0.2) is 21.6 Å². The summed E-state index contributed by atoms with van der Waals surface area (Å²) in [4.78, 5) is 0. The average Bonchev–Trinajstić information content (AvgIpc) is 2.45. The maximum absolute atomic E-state index is 11.7. The van der Waals surface area contributed by atoms with E-state index in [1.165, 1.54) is 0 Å². The summed E-state index contributed by atoms with van der Waals surface area (Å²) >= 11 is 0. The summed E-state index contributed by atoms with van der Waals surface area (Å²) < 4.78 is 48.3. The second-order valence-electron chi connectivity index (χ2n) is 4.13. The van der Waals surface area contributed by atoms with Crippen LogP contribution in [0, 0.1) is 0 Å². The number of hydrogen-bond donors (Lipinski definition) is 2. The molecule has 0 spiro atoms. The zero-order valence-corrected chi connectivity index (χ0v) is 11.1. The summed E-state index contributed by atoms with van der Waals surface area (Å²) in [6.07, 6.45) is 0.369. The molecule has 0 saturated carbocycles. The van der Waals surface area contributed by atoms with Crippen LogP contribution in [0.1, 0.15) is 13.3 Å². The molecule has 16 heavy (non-hydrogen) atoms. The van der Waals surface area contributed by atoms with E-state index in [4.69, 9.17) is 0 Å². The first-order chi connectivity index (χ1) is 7.27. The molecule has 0 amide bonds. The van der Waals surface area contributed by atoms with Gasteiger partial charge in [-0.15, -0.1) is 0 Å². The predicted molar refractivity (Wildman–Crippen MR) is 62.5 cm³/mol. The topological polar surface area (TPSA) is 92.3 Å². The van der Waals surface area contributed by atoms with E-state index in [-0.39, 0.29) is 11.5 Å². The van der Waals surface area contributed by atoms with Gasteiger partial charge in [-0.05, 0) is 20.4 Å². The van der Waals surface area contributed by atoms with Gasteiger partial charge in [0, 0.05) is 12.6 Å². The highest BCUT2D eigenvalue weighted by Gasteiger charge is 2.32. The molecule has 2 unspecified atom stereocenters. The highest BCUT2D eigenvalue weighted by Crippen LogP contribution is 2.13. The van der Waals surface area contributed by atoms with Crippen molar-refractivity contribution in [3.8, 4) is 0 Å². The fraction of sp³-hybridized carbons (Fsp3) is 1.00. The minimum absolute atomic E-state index is 0.0700. The number of sulfone groups is 1. The maximum Gasteiger partial charge on any atom is 0.215 e. The lowest BCUT2D eigenvalue weighted by atomic mass is 10.3. The fourth-order valence-electron chi connectivity index (χ4n) is 1.63. The van der Waals surface area contributed by atoms with Gasteiger partial charge in [-0.1, -0.05) is 0 Å². The second kappa shape index (κ2) is 4.99. The van der Waals surface area contributed by atoms with Crippen LogP contribution in [-0.4, -0.2) is 53.2 Å². The maximum atomic E-state index is 11.7. The Labute approximate surface area is 96.8 Å². The lowest BCUT2D eigenvalue weighted by Crippen LogP contribution is -2.43. The van der Waals surface area contributed by atoms with Crippen molar-refractivity contribution in [3.63, 3.8) is 0 Å². The third kappa shape index (κ3) is 3.69. The Kier molecular flexibility index (Phi) is 4.33. The van der Waals surface area contributed by atoms with Gasteiger partial charge in [0.25, 0.3) is 0 Å². The second-order valence-corrected chi connectivity index (χ2v) is 8.49. The van der Waals surface area contributed by atoms with Gasteiger partial charge in [0.1, 0.15) is 0 Å². The fourth-order valence-corrected chi connectivity index (χ4v) is 4.70. The van der Waals surface area contributed by atoms with Crippen LogP contribution in [0.2, 0.25) is 0 Å². The van der Waals surface area contributed by atoms with Crippen LogP contribution < -0.4 is 10.0 Å². The average molecular weight is 270 g/mol. The van der Waals surface area contributed by atoms with E-state index in [1.54, 1.807) is 14.0 Å². The number of hydrogen-bond acceptors (Lipinski definition) is 5. The Bertz CT molecular complexity index is 429. The van der Waals surface area contributed by atoms with Crippen molar-refractivity contribution in [2.24, 2.45) is 0 Å². The van der Waals surface area contributed by atoms with E-state index in [0.717, 1.165) is 0 Å². The summed E-state index contributed by atoms with van der Waals surface area (Å²) in [5, 5.41) is 2.21. The molecular formula is C8H18N2O4S2. The first kappa shape index (κ1) is 13.9. The molecule has 1 fully saturated rings. The molecule has 1 aliphatic rings. The Morgan fingerprint density at radius 2 is 2.06 bits per heavy atom. The van der Waals surface area contributed by atoms with Crippen LogP contribution in [0.5, 0.6) is 0 Å². The first-order valence-electron chi connectivity index (χ1n) is 5.13. The lowest BCUT2D eigenvalue weighted by molar-refractivity contribution is 0.546. The molecular weight excluding hydrogens is 252 g/mol. The van der Waals surface area contributed by atoms with Crippen LogP contribution in [0.3, 0.4) is 0 Å². The standard InChI is InChI=1S/C8H18N2O4S2/c1-7(5-9-2)16(13,14)10-8-3-4-15(11,12)6-8/h7-10H,3-6H2,1-2H3. The monoisotopic (exact) mass is 270 g/mol. The summed E-state index contributed by atoms with van der Waals surface area (Å²) in [6, 6.07) is -0.464. The van der Waals surface area contributed by atoms with Crippen molar-refractivity contribution in [3.05, 3.63) is 0 Å². The lowest BCUT2D eigenvalue weighted by Gasteiger charge is -2.16. The molecule has 0 aromatic rings. The molecule has 0 bridgehead atoms. The first-order valence-corrected chi connectivity index (χ1v) is 8.50. The van der Waals surface area contributed by atoms with E-state index >= 15 is 0 Å². The highest BCUT2D eigenvalue weighted by molar-refractivity contribution is 7.92. The zero-order chi connectivity index (χ0) is 12.4. The molecule has 6 nitrogen and oxygen atoms in total. The summed E-state index contributed by atoms with van der Waals surface area (Å²) in [5.74, 6) is -0.0148. The van der Waals surface area contributed by atoms with E-state index in [9.17, 15) is 16.8 Å². The predicted octanol–water partition coefficient (Wildman–Crippen LogP) is -1.30. The third-order valence-corrected chi connectivity index (χ3v) is 6.24. The molecule has 8 heteroatoms. The Morgan fingerprint density at radius 3 is 2.50 bits per heavy atom. The van der Waals surface area contributed by atoms with Gasteiger partial charge in [0.2, 0.25) is 10.0 Å². The van der Waals surface area contributed by atoms with E-state index in [0.29, 0.717) is 13.0 Å². The molecule has 1 heterocycles. The van der Waals surface area contributed by atoms with E-state index in [1.807, 2.05) is 0 Å². The zero-order valence-electron chi connectivity index (χ0n) is 9.43. The van der Waals surface area contributed by atoms with E-state index in [2.05, 4.69) is 10.0 Å². The Hall–Kier alpha value is -0.180. The smallest absolute Gasteiger partial charge is 0.215 e. The molecule has 1 aliphatic heterocycles. The molecule has 96 valence electrons. The van der Waals surface area contributed by atoms with Crippen molar-refractivity contribution in [2.45, 2.75) is 24.6 Å². The summed E-state index contributed by atoms with van der Waals surface area (Å²) in [6.45, 7) is 1.93. The summed E-state index contributed by atoms with van der Waals surface area (Å²) in [7, 11) is -4.81. The highest BCUT2D eigenvalue weighted by atomic mass is 32.2. The van der Waals surface area contributed by atoms with Crippen molar-refractivity contribution in [1.29, 1.82) is 0 Å². The Morgan fingerprint density at radius 1 is 1.44 bits per heavy atom. The molecule has 1 rings (SSSR count). The number of sulfonamides is 1. The van der Waals surface area contributed by atoms with Gasteiger partial charge in [-0.2, -0.15) is 0 Å². The van der Waals surface area contributed by atoms with Crippen molar-refractivity contribution < 1.29 is 16.8 Å². The van der Waals surface area contributed by atoms with Crippen molar-refractivity contribution in [2.75, 3.05) is 25.1 Å². The van der Waals surface area contributed by atoms with Crippen LogP contribution in [-0.2, 0) is 19.9 Å². The quantitative estimate of drug-likeness (QED) is 0.648. The van der Waals surface area contributed by atoms with Gasteiger partial charge in [-0.3, -0.25) is 0 Å².